The van der Waals surface area contributed by atoms with Crippen LogP contribution in [0.5, 0.6) is 0 Å². The third kappa shape index (κ3) is 4.03. The molecule has 2 aromatic carbocycles. The first-order valence-electron chi connectivity index (χ1n) is 10.8. The van der Waals surface area contributed by atoms with E-state index >= 15 is 0 Å². The van der Waals surface area contributed by atoms with Crippen molar-refractivity contribution in [3.63, 3.8) is 0 Å². The predicted octanol–water partition coefficient (Wildman–Crippen LogP) is 3.71. The summed E-state index contributed by atoms with van der Waals surface area (Å²) in [5, 5.41) is 4.12. The molecule has 0 radical (unpaired) electrons. The maximum atomic E-state index is 12.8. The van der Waals surface area contributed by atoms with Gasteiger partial charge in [0.15, 0.2) is 5.65 Å². The highest BCUT2D eigenvalue weighted by Crippen LogP contribution is 2.27. The molecule has 0 aliphatic carbocycles. The van der Waals surface area contributed by atoms with Gasteiger partial charge in [0, 0.05) is 25.0 Å². The standard InChI is InChI=1S/C24H24ClN7O/c1-3-14-4-7-20(19(25)10-14)32-21(26)18-12-27-23(29-22(18)30-24(32)33)28-17-6-5-15-8-9-31(2)13-16(15)11-17/h4-7,10-12H,3,8-9,13,26H2,1-2H3,(H,28,29,30,33). The van der Waals surface area contributed by atoms with Gasteiger partial charge in [0.05, 0.1) is 16.1 Å². The van der Waals surface area contributed by atoms with Crippen LogP contribution in [0, 0.1) is 0 Å². The molecule has 0 spiro atoms. The van der Waals surface area contributed by atoms with Crippen molar-refractivity contribution < 1.29 is 0 Å². The van der Waals surface area contributed by atoms with E-state index in [2.05, 4.69) is 44.3 Å². The number of benzene rings is 2. The number of nitrogens with two attached hydrogens (primary N) is 1. The van der Waals surface area contributed by atoms with E-state index in [9.17, 15) is 4.79 Å². The molecule has 0 fully saturated rings. The van der Waals surface area contributed by atoms with Crippen molar-refractivity contribution >= 4 is 40.1 Å². The molecule has 0 amide bonds. The van der Waals surface area contributed by atoms with Gasteiger partial charge in [-0.05, 0) is 60.8 Å². The van der Waals surface area contributed by atoms with Gasteiger partial charge in [0.2, 0.25) is 5.95 Å². The summed E-state index contributed by atoms with van der Waals surface area (Å²) in [5.41, 5.74) is 11.1. The number of nitrogen functional groups attached to an aromatic ring is 1. The average molecular weight is 462 g/mol. The minimum absolute atomic E-state index is 0.194. The molecule has 1 aliphatic heterocycles. The molecule has 0 saturated heterocycles. The Morgan fingerprint density at radius 2 is 2.00 bits per heavy atom. The van der Waals surface area contributed by atoms with E-state index in [0.29, 0.717) is 22.0 Å². The van der Waals surface area contributed by atoms with E-state index in [1.807, 2.05) is 25.1 Å². The van der Waals surface area contributed by atoms with Crippen LogP contribution in [0.2, 0.25) is 5.02 Å². The smallest absolute Gasteiger partial charge is 0.355 e. The number of halogens is 1. The van der Waals surface area contributed by atoms with Gasteiger partial charge in [0.25, 0.3) is 0 Å². The number of anilines is 3. The highest BCUT2D eigenvalue weighted by atomic mass is 35.5. The van der Waals surface area contributed by atoms with Crippen molar-refractivity contribution in [3.05, 3.63) is 74.8 Å². The molecule has 0 saturated carbocycles. The SMILES string of the molecule is CCc1ccc(-n2c(N)c3cnc(Nc4ccc5c(c4)CN(C)CC5)nc3nc2=O)c(Cl)c1. The van der Waals surface area contributed by atoms with Gasteiger partial charge in [-0.2, -0.15) is 9.97 Å². The number of rotatable bonds is 4. The topological polar surface area (TPSA) is 102 Å². The highest BCUT2D eigenvalue weighted by molar-refractivity contribution is 6.32. The summed E-state index contributed by atoms with van der Waals surface area (Å²) >= 11 is 6.43. The van der Waals surface area contributed by atoms with Crippen molar-refractivity contribution in [1.29, 1.82) is 0 Å². The normalized spacial score (nSPS) is 13.8. The summed E-state index contributed by atoms with van der Waals surface area (Å²) in [7, 11) is 2.11. The molecule has 168 valence electrons. The lowest BCUT2D eigenvalue weighted by Crippen LogP contribution is -2.26. The minimum atomic E-state index is -0.549. The van der Waals surface area contributed by atoms with Crippen LogP contribution >= 0.6 is 11.6 Å². The fourth-order valence-electron chi connectivity index (χ4n) is 4.15. The Labute approximate surface area is 196 Å². The first kappa shape index (κ1) is 21.4. The lowest BCUT2D eigenvalue weighted by Gasteiger charge is -2.25. The number of fused-ring (bicyclic) bond motifs is 2. The average Bonchev–Trinajstić information content (AvgIpc) is 2.79. The molecule has 0 unspecified atom stereocenters. The van der Waals surface area contributed by atoms with Crippen molar-refractivity contribution in [2.75, 3.05) is 24.6 Å². The summed E-state index contributed by atoms with van der Waals surface area (Å²) in [6, 6.07) is 11.8. The molecule has 5 rings (SSSR count). The van der Waals surface area contributed by atoms with Crippen LogP contribution in [0.4, 0.5) is 17.5 Å². The third-order valence-electron chi connectivity index (χ3n) is 6.01. The summed E-state index contributed by atoms with van der Waals surface area (Å²) in [6.07, 6.45) is 3.45. The van der Waals surface area contributed by atoms with Gasteiger partial charge in [-0.3, -0.25) is 0 Å². The molecular weight excluding hydrogens is 438 g/mol. The van der Waals surface area contributed by atoms with Crippen LogP contribution < -0.4 is 16.7 Å². The summed E-state index contributed by atoms with van der Waals surface area (Å²) in [5.74, 6) is 0.542. The van der Waals surface area contributed by atoms with Gasteiger partial charge in [-0.25, -0.2) is 14.3 Å². The van der Waals surface area contributed by atoms with Gasteiger partial charge in [-0.1, -0.05) is 30.7 Å². The summed E-state index contributed by atoms with van der Waals surface area (Å²) in [4.78, 5) is 28.1. The number of hydrogen-bond acceptors (Lipinski definition) is 7. The monoisotopic (exact) mass is 461 g/mol. The van der Waals surface area contributed by atoms with Crippen molar-refractivity contribution in [3.8, 4) is 5.69 Å². The molecule has 2 aromatic heterocycles. The Morgan fingerprint density at radius 3 is 2.79 bits per heavy atom. The van der Waals surface area contributed by atoms with Crippen LogP contribution in [0.3, 0.4) is 0 Å². The molecular formula is C24H24ClN7O. The Morgan fingerprint density at radius 1 is 1.15 bits per heavy atom. The number of nitrogens with zero attached hydrogens (tertiary/aromatic N) is 5. The Kier molecular flexibility index (Phi) is 5.47. The molecule has 8 nitrogen and oxygen atoms in total. The van der Waals surface area contributed by atoms with Gasteiger partial charge < -0.3 is 16.0 Å². The quantitative estimate of drug-likeness (QED) is 0.477. The van der Waals surface area contributed by atoms with E-state index in [1.54, 1.807) is 12.3 Å². The number of nitrogens with one attached hydrogen (secondary N) is 1. The van der Waals surface area contributed by atoms with Crippen LogP contribution in [0.1, 0.15) is 23.6 Å². The van der Waals surface area contributed by atoms with Gasteiger partial charge in [0.1, 0.15) is 5.82 Å². The molecule has 3 N–H and O–H groups in total. The van der Waals surface area contributed by atoms with Crippen LogP contribution in [-0.2, 0) is 19.4 Å². The van der Waals surface area contributed by atoms with E-state index in [0.717, 1.165) is 37.2 Å². The zero-order valence-electron chi connectivity index (χ0n) is 18.5. The number of hydrogen-bond donors (Lipinski definition) is 2. The number of aromatic nitrogens is 4. The van der Waals surface area contributed by atoms with Gasteiger partial charge >= 0.3 is 5.69 Å². The molecule has 4 aromatic rings. The summed E-state index contributed by atoms with van der Waals surface area (Å²) < 4.78 is 1.29. The maximum Gasteiger partial charge on any atom is 0.355 e. The fraction of sp³-hybridized carbons (Fsp3) is 0.250. The second kappa shape index (κ2) is 8.46. The zero-order valence-corrected chi connectivity index (χ0v) is 19.2. The lowest BCUT2D eigenvalue weighted by molar-refractivity contribution is 0.313. The third-order valence-corrected chi connectivity index (χ3v) is 6.31. The second-order valence-corrected chi connectivity index (χ2v) is 8.69. The summed E-state index contributed by atoms with van der Waals surface area (Å²) in [6.45, 7) is 4.00. The van der Waals surface area contributed by atoms with Crippen LogP contribution in [0.15, 0.2) is 47.4 Å². The molecule has 1 aliphatic rings. The maximum absolute atomic E-state index is 12.8. The lowest BCUT2D eigenvalue weighted by atomic mass is 9.99. The van der Waals surface area contributed by atoms with Crippen molar-refractivity contribution in [2.45, 2.75) is 26.3 Å². The Balaban J connectivity index is 1.50. The predicted molar refractivity (Wildman–Crippen MR) is 131 cm³/mol. The van der Waals surface area contributed by atoms with Crippen molar-refractivity contribution in [2.24, 2.45) is 0 Å². The van der Waals surface area contributed by atoms with Crippen molar-refractivity contribution in [1.82, 2.24) is 24.4 Å². The van der Waals surface area contributed by atoms with E-state index in [-0.39, 0.29) is 11.5 Å². The Hall–Kier alpha value is -3.49. The zero-order chi connectivity index (χ0) is 23.1. The first-order valence-corrected chi connectivity index (χ1v) is 11.2. The Bertz CT molecular complexity index is 1430. The molecule has 0 bridgehead atoms. The molecule has 9 heteroatoms. The minimum Gasteiger partial charge on any atom is -0.384 e. The highest BCUT2D eigenvalue weighted by Gasteiger charge is 2.16. The number of likely N-dealkylation sites (N-methyl/N-ethyl adjacent to an activating group) is 1. The molecule has 3 heterocycles. The fourth-order valence-corrected chi connectivity index (χ4v) is 4.44. The van der Waals surface area contributed by atoms with Crippen LogP contribution in [0.25, 0.3) is 16.7 Å². The van der Waals surface area contributed by atoms with E-state index < -0.39 is 5.69 Å². The second-order valence-electron chi connectivity index (χ2n) is 8.28. The molecule has 0 atom stereocenters. The molecule has 33 heavy (non-hydrogen) atoms. The number of aryl methyl sites for hydroxylation is 1. The first-order chi connectivity index (χ1) is 15.9. The van der Waals surface area contributed by atoms with E-state index in [1.165, 1.54) is 15.7 Å². The van der Waals surface area contributed by atoms with Crippen LogP contribution in [-0.4, -0.2) is 38.0 Å². The van der Waals surface area contributed by atoms with Gasteiger partial charge in [-0.15, -0.1) is 0 Å². The largest absolute Gasteiger partial charge is 0.384 e. The van der Waals surface area contributed by atoms with E-state index in [4.69, 9.17) is 17.3 Å².